The van der Waals surface area contributed by atoms with Gasteiger partial charge < -0.3 is 10.2 Å². The Morgan fingerprint density at radius 2 is 2.16 bits per heavy atom. The molecule has 1 N–H and O–H groups in total. The molecule has 0 saturated carbocycles. The average Bonchev–Trinajstić information content (AvgIpc) is 2.34. The Hall–Kier alpha value is -0.800. The summed E-state index contributed by atoms with van der Waals surface area (Å²) in [5.74, 6) is 0. The van der Waals surface area contributed by atoms with E-state index in [0.29, 0.717) is 6.04 Å². The van der Waals surface area contributed by atoms with Crippen LogP contribution in [-0.4, -0.2) is 20.1 Å². The Balaban J connectivity index is 2.99. The highest BCUT2D eigenvalue weighted by molar-refractivity contribution is 9.10. The lowest BCUT2D eigenvalue weighted by molar-refractivity contribution is 0.570. The average molecular weight is 325 g/mol. The number of likely N-dealkylation sites (N-methyl/N-ethyl adjacent to an activating group) is 1. The van der Waals surface area contributed by atoms with Crippen molar-refractivity contribution in [2.45, 2.75) is 33.2 Å². The number of halogens is 1. The molecule has 0 bridgehead atoms. The van der Waals surface area contributed by atoms with Crippen molar-refractivity contribution in [3.05, 3.63) is 40.4 Å². The van der Waals surface area contributed by atoms with Crippen LogP contribution < -0.4 is 10.2 Å². The van der Waals surface area contributed by atoms with Gasteiger partial charge in [-0.15, -0.1) is 0 Å². The van der Waals surface area contributed by atoms with Gasteiger partial charge in [0.2, 0.25) is 0 Å². The molecule has 1 atom stereocenters. The second kappa shape index (κ2) is 7.71. The van der Waals surface area contributed by atoms with Crippen molar-refractivity contribution in [3.8, 4) is 0 Å². The fourth-order valence-electron chi connectivity index (χ4n) is 2.18. The monoisotopic (exact) mass is 324 g/mol. The van der Waals surface area contributed by atoms with Crippen LogP contribution in [0.3, 0.4) is 0 Å². The van der Waals surface area contributed by atoms with E-state index in [9.17, 15) is 0 Å². The second-order valence-corrected chi connectivity index (χ2v) is 6.11. The zero-order chi connectivity index (χ0) is 14.4. The number of rotatable bonds is 7. The highest BCUT2D eigenvalue weighted by atomic mass is 79.9. The van der Waals surface area contributed by atoms with Gasteiger partial charge in [-0.1, -0.05) is 35.0 Å². The first-order valence-corrected chi connectivity index (χ1v) is 7.63. The molecule has 0 aliphatic heterocycles. The second-order valence-electron chi connectivity index (χ2n) is 5.19. The summed E-state index contributed by atoms with van der Waals surface area (Å²) in [5.41, 5.74) is 3.76. The lowest BCUT2D eigenvalue weighted by atomic mass is 10.0. The zero-order valence-electron chi connectivity index (χ0n) is 12.5. The lowest BCUT2D eigenvalue weighted by Gasteiger charge is -2.26. The molecule has 106 valence electrons. The molecule has 1 unspecified atom stereocenters. The first kappa shape index (κ1) is 16.3. The minimum Gasteiger partial charge on any atom is -0.370 e. The van der Waals surface area contributed by atoms with E-state index in [0.717, 1.165) is 24.0 Å². The van der Waals surface area contributed by atoms with Gasteiger partial charge in [0.05, 0.1) is 0 Å². The fourth-order valence-corrected chi connectivity index (χ4v) is 2.56. The van der Waals surface area contributed by atoms with E-state index < -0.39 is 0 Å². The molecule has 0 aromatic heterocycles. The Morgan fingerprint density at radius 1 is 1.47 bits per heavy atom. The number of benzene rings is 1. The van der Waals surface area contributed by atoms with Crippen molar-refractivity contribution in [1.29, 1.82) is 0 Å². The molecule has 3 heteroatoms. The Labute approximate surface area is 126 Å². The van der Waals surface area contributed by atoms with Gasteiger partial charge in [-0.25, -0.2) is 0 Å². The van der Waals surface area contributed by atoms with Crippen LogP contribution >= 0.6 is 15.9 Å². The van der Waals surface area contributed by atoms with E-state index in [1.54, 1.807) is 0 Å². The van der Waals surface area contributed by atoms with Crippen molar-refractivity contribution < 1.29 is 0 Å². The van der Waals surface area contributed by atoms with Gasteiger partial charge in [0, 0.05) is 29.8 Å². The molecule has 0 aliphatic carbocycles. The van der Waals surface area contributed by atoms with Gasteiger partial charge in [0.15, 0.2) is 0 Å². The zero-order valence-corrected chi connectivity index (χ0v) is 14.0. The summed E-state index contributed by atoms with van der Waals surface area (Å²) in [4.78, 5) is 2.26. The summed E-state index contributed by atoms with van der Waals surface area (Å²) in [6.45, 7) is 12.4. The predicted molar refractivity (Wildman–Crippen MR) is 88.9 cm³/mol. The largest absolute Gasteiger partial charge is 0.370 e. The summed E-state index contributed by atoms with van der Waals surface area (Å²) in [6.07, 6.45) is 1.15. The van der Waals surface area contributed by atoms with Crippen LogP contribution in [0, 0.1) is 0 Å². The normalized spacial score (nSPS) is 12.3. The van der Waals surface area contributed by atoms with Crippen molar-refractivity contribution in [2.24, 2.45) is 0 Å². The molecule has 1 rings (SSSR count). The number of anilines is 1. The van der Waals surface area contributed by atoms with Crippen LogP contribution in [0.1, 0.15) is 38.8 Å². The molecule has 0 spiro atoms. The summed E-state index contributed by atoms with van der Waals surface area (Å²) < 4.78 is 1.13. The van der Waals surface area contributed by atoms with E-state index in [1.165, 1.54) is 16.8 Å². The Morgan fingerprint density at radius 3 is 2.74 bits per heavy atom. The van der Waals surface area contributed by atoms with Gasteiger partial charge in [0.25, 0.3) is 0 Å². The lowest BCUT2D eigenvalue weighted by Crippen LogP contribution is -2.25. The smallest absolute Gasteiger partial charge is 0.0415 e. The first-order chi connectivity index (χ1) is 8.95. The molecule has 0 aliphatic rings. The molecule has 0 heterocycles. The maximum absolute atomic E-state index is 4.00. The third-order valence-electron chi connectivity index (χ3n) is 3.07. The molecule has 0 saturated heterocycles. The molecule has 0 amide bonds. The van der Waals surface area contributed by atoms with E-state index in [-0.39, 0.29) is 0 Å². The minimum absolute atomic E-state index is 0.347. The van der Waals surface area contributed by atoms with Crippen molar-refractivity contribution in [2.75, 3.05) is 25.0 Å². The highest BCUT2D eigenvalue weighted by Crippen LogP contribution is 2.29. The van der Waals surface area contributed by atoms with Crippen molar-refractivity contribution >= 4 is 21.6 Å². The van der Waals surface area contributed by atoms with Gasteiger partial charge >= 0.3 is 0 Å². The Bertz CT molecular complexity index is 429. The number of hydrogen-bond donors (Lipinski definition) is 1. The van der Waals surface area contributed by atoms with E-state index >= 15 is 0 Å². The quantitative estimate of drug-likeness (QED) is 0.742. The molecule has 0 fully saturated rings. The number of nitrogens with zero attached hydrogens (tertiary/aromatic N) is 1. The van der Waals surface area contributed by atoms with Crippen molar-refractivity contribution in [1.82, 2.24) is 5.32 Å². The van der Waals surface area contributed by atoms with Gasteiger partial charge in [-0.3, -0.25) is 0 Å². The summed E-state index contributed by atoms with van der Waals surface area (Å²) in [7, 11) is 2.12. The van der Waals surface area contributed by atoms with Crippen LogP contribution in [0.25, 0.3) is 0 Å². The van der Waals surface area contributed by atoms with E-state index in [2.05, 4.69) is 78.7 Å². The van der Waals surface area contributed by atoms with Crippen LogP contribution in [0.5, 0.6) is 0 Å². The van der Waals surface area contributed by atoms with Gasteiger partial charge in [0.1, 0.15) is 0 Å². The van der Waals surface area contributed by atoms with Crippen LogP contribution in [-0.2, 0) is 0 Å². The van der Waals surface area contributed by atoms with Crippen LogP contribution in [0.2, 0.25) is 0 Å². The molecular formula is C16H25BrN2. The van der Waals surface area contributed by atoms with E-state index in [4.69, 9.17) is 0 Å². The van der Waals surface area contributed by atoms with E-state index in [1.807, 2.05) is 0 Å². The highest BCUT2D eigenvalue weighted by Gasteiger charge is 2.13. The molecule has 1 aromatic rings. The number of nitrogens with one attached hydrogen (secondary N) is 1. The maximum Gasteiger partial charge on any atom is 0.0415 e. The maximum atomic E-state index is 4.00. The molecule has 1 aromatic carbocycles. The SMILES string of the molecule is C=C(C)CN(C)c1ccc(Br)cc1C(C)NCCC. The van der Waals surface area contributed by atoms with Crippen LogP contribution in [0.15, 0.2) is 34.8 Å². The Kier molecular flexibility index (Phi) is 6.59. The van der Waals surface area contributed by atoms with Gasteiger partial charge in [-0.2, -0.15) is 0 Å². The fraction of sp³-hybridized carbons (Fsp3) is 0.500. The molecule has 0 radical (unpaired) electrons. The molecular weight excluding hydrogens is 300 g/mol. The third kappa shape index (κ3) is 5.00. The first-order valence-electron chi connectivity index (χ1n) is 6.84. The summed E-state index contributed by atoms with van der Waals surface area (Å²) >= 11 is 3.57. The molecule has 2 nitrogen and oxygen atoms in total. The third-order valence-corrected chi connectivity index (χ3v) is 3.57. The number of hydrogen-bond acceptors (Lipinski definition) is 2. The van der Waals surface area contributed by atoms with Crippen LogP contribution in [0.4, 0.5) is 5.69 Å². The van der Waals surface area contributed by atoms with Gasteiger partial charge in [-0.05, 0) is 50.6 Å². The predicted octanol–water partition coefficient (Wildman–Crippen LogP) is 4.52. The topological polar surface area (TPSA) is 15.3 Å². The van der Waals surface area contributed by atoms with Crippen molar-refractivity contribution in [3.63, 3.8) is 0 Å². The summed E-state index contributed by atoms with van der Waals surface area (Å²) in [5, 5.41) is 3.55. The minimum atomic E-state index is 0.347. The standard InChI is InChI=1S/C16H25BrN2/c1-6-9-18-13(4)15-10-14(17)7-8-16(15)19(5)11-12(2)3/h7-8,10,13,18H,2,6,9,11H2,1,3-5H3. The molecule has 19 heavy (non-hydrogen) atoms. The summed E-state index contributed by atoms with van der Waals surface area (Å²) in [6, 6.07) is 6.82.